The predicted octanol–water partition coefficient (Wildman–Crippen LogP) is 4.95. The van der Waals surface area contributed by atoms with Gasteiger partial charge in [0.05, 0.1) is 17.6 Å². The number of hydrogen-bond donors (Lipinski definition) is 0. The molecule has 1 saturated heterocycles. The van der Waals surface area contributed by atoms with E-state index < -0.39 is 0 Å². The third-order valence-electron chi connectivity index (χ3n) is 6.47. The lowest BCUT2D eigenvalue weighted by Gasteiger charge is -2.27. The van der Waals surface area contributed by atoms with E-state index in [0.29, 0.717) is 22.9 Å². The second-order valence-corrected chi connectivity index (χ2v) is 8.69. The Hall–Kier alpha value is -3.67. The van der Waals surface area contributed by atoms with Crippen molar-refractivity contribution in [3.8, 4) is 11.5 Å². The molecule has 1 aliphatic rings. The minimum atomic E-state index is -0.214. The van der Waals surface area contributed by atoms with Crippen molar-refractivity contribution >= 4 is 16.8 Å². The van der Waals surface area contributed by atoms with Crippen molar-refractivity contribution in [3.05, 3.63) is 87.5 Å². The van der Waals surface area contributed by atoms with Crippen molar-refractivity contribution in [3.63, 3.8) is 0 Å². The van der Waals surface area contributed by atoms with Crippen LogP contribution in [0, 0.1) is 13.8 Å². The monoisotopic (exact) mass is 441 g/mol. The van der Waals surface area contributed by atoms with Crippen LogP contribution in [0.3, 0.4) is 0 Å². The van der Waals surface area contributed by atoms with Gasteiger partial charge in [-0.3, -0.25) is 9.59 Å². The Morgan fingerprint density at radius 1 is 1.00 bits per heavy atom. The number of nitrogens with zero attached hydrogens (tertiary/aromatic N) is 3. The van der Waals surface area contributed by atoms with Crippen LogP contribution in [-0.2, 0) is 6.54 Å². The topological polar surface area (TPSA) is 68.3 Å². The summed E-state index contributed by atoms with van der Waals surface area (Å²) in [4.78, 5) is 33.0. The number of likely N-dealkylation sites (tertiary alicyclic amines) is 1. The van der Waals surface area contributed by atoms with Crippen molar-refractivity contribution in [2.24, 2.45) is 0 Å². The second-order valence-electron chi connectivity index (χ2n) is 8.69. The van der Waals surface area contributed by atoms with Crippen LogP contribution in [0.15, 0.2) is 63.8 Å². The first-order valence-corrected chi connectivity index (χ1v) is 11.5. The summed E-state index contributed by atoms with van der Waals surface area (Å²) in [6, 6.07) is 17.0. The lowest BCUT2D eigenvalue weighted by atomic mass is 10.0. The quantitative estimate of drug-likeness (QED) is 0.449. The number of hydrogen-bond acceptors (Lipinski definition) is 4. The Morgan fingerprint density at radius 2 is 1.73 bits per heavy atom. The molecule has 2 aromatic carbocycles. The van der Waals surface area contributed by atoms with Gasteiger partial charge in [-0.15, -0.1) is 0 Å². The van der Waals surface area contributed by atoms with Crippen LogP contribution in [0.25, 0.3) is 22.4 Å². The predicted molar refractivity (Wildman–Crippen MR) is 128 cm³/mol. The maximum Gasteiger partial charge on any atom is 0.254 e. The standard InChI is InChI=1S/C27H27N3O3/c1-18-10-4-5-11-20(18)26-28-23(19(2)33-26)17-30-24-13-7-6-12-21(24)22(16-25(30)31)27(32)29-14-8-3-9-15-29/h4-7,10-13,16H,3,8-9,14-15,17H2,1-2H3. The number of oxazole rings is 1. The zero-order valence-electron chi connectivity index (χ0n) is 19.0. The molecule has 6 nitrogen and oxygen atoms in total. The Kier molecular flexibility index (Phi) is 5.58. The van der Waals surface area contributed by atoms with Gasteiger partial charge in [0.2, 0.25) is 5.89 Å². The summed E-state index contributed by atoms with van der Waals surface area (Å²) in [5, 5.41) is 0.785. The van der Waals surface area contributed by atoms with Gasteiger partial charge < -0.3 is 13.9 Å². The fraction of sp³-hybridized carbons (Fsp3) is 0.296. The van der Waals surface area contributed by atoms with Crippen LogP contribution < -0.4 is 5.56 Å². The van der Waals surface area contributed by atoms with Crippen molar-refractivity contribution in [2.75, 3.05) is 13.1 Å². The van der Waals surface area contributed by atoms with E-state index in [2.05, 4.69) is 0 Å². The fourth-order valence-electron chi connectivity index (χ4n) is 4.59. The highest BCUT2D eigenvalue weighted by atomic mass is 16.4. The summed E-state index contributed by atoms with van der Waals surface area (Å²) in [7, 11) is 0. The highest BCUT2D eigenvalue weighted by molar-refractivity contribution is 6.06. The van der Waals surface area contributed by atoms with Crippen molar-refractivity contribution in [1.29, 1.82) is 0 Å². The molecule has 0 N–H and O–H groups in total. The van der Waals surface area contributed by atoms with Gasteiger partial charge in [-0.1, -0.05) is 36.4 Å². The van der Waals surface area contributed by atoms with Gasteiger partial charge in [0.1, 0.15) is 11.5 Å². The van der Waals surface area contributed by atoms with E-state index in [4.69, 9.17) is 9.40 Å². The second kappa shape index (κ2) is 8.70. The van der Waals surface area contributed by atoms with Crippen LogP contribution in [0.5, 0.6) is 0 Å². The van der Waals surface area contributed by atoms with Crippen LogP contribution >= 0.6 is 0 Å². The van der Waals surface area contributed by atoms with Crippen LogP contribution in [0.4, 0.5) is 0 Å². The molecule has 1 fully saturated rings. The van der Waals surface area contributed by atoms with E-state index in [9.17, 15) is 9.59 Å². The van der Waals surface area contributed by atoms with Gasteiger partial charge in [-0.05, 0) is 50.8 Å². The summed E-state index contributed by atoms with van der Waals surface area (Å²) in [5.74, 6) is 1.17. The molecule has 0 saturated carbocycles. The third-order valence-corrected chi connectivity index (χ3v) is 6.47. The summed E-state index contributed by atoms with van der Waals surface area (Å²) in [5.41, 5.74) is 3.71. The third kappa shape index (κ3) is 3.97. The Bertz CT molecular complexity index is 1390. The highest BCUT2D eigenvalue weighted by Gasteiger charge is 2.22. The smallest absolute Gasteiger partial charge is 0.254 e. The lowest BCUT2D eigenvalue weighted by molar-refractivity contribution is 0.0726. The number of para-hydroxylation sites is 1. The number of rotatable bonds is 4. The molecule has 2 aromatic heterocycles. The van der Waals surface area contributed by atoms with Crippen LogP contribution in [0.2, 0.25) is 0 Å². The van der Waals surface area contributed by atoms with Gasteiger partial charge in [-0.25, -0.2) is 4.98 Å². The van der Waals surface area contributed by atoms with Gasteiger partial charge in [0, 0.05) is 30.1 Å². The number of amides is 1. The summed E-state index contributed by atoms with van der Waals surface area (Å²) in [6.45, 7) is 5.65. The van der Waals surface area contributed by atoms with Gasteiger partial charge in [0.15, 0.2) is 0 Å². The van der Waals surface area contributed by atoms with Gasteiger partial charge in [-0.2, -0.15) is 0 Å². The van der Waals surface area contributed by atoms with Crippen LogP contribution in [-0.4, -0.2) is 33.4 Å². The van der Waals surface area contributed by atoms with Crippen LogP contribution in [0.1, 0.15) is 46.6 Å². The molecule has 6 heteroatoms. The lowest BCUT2D eigenvalue weighted by Crippen LogP contribution is -2.36. The molecule has 0 spiro atoms. The number of benzene rings is 2. The zero-order chi connectivity index (χ0) is 22.9. The van der Waals surface area contributed by atoms with Gasteiger partial charge >= 0.3 is 0 Å². The minimum absolute atomic E-state index is 0.0606. The molecule has 0 aliphatic carbocycles. The molecule has 0 unspecified atom stereocenters. The zero-order valence-corrected chi connectivity index (χ0v) is 19.0. The number of carbonyl (C=O) groups excluding carboxylic acids is 1. The van der Waals surface area contributed by atoms with Crippen molar-refractivity contribution in [2.45, 2.75) is 39.7 Å². The molecular formula is C27H27N3O3. The summed E-state index contributed by atoms with van der Waals surface area (Å²) >= 11 is 0. The fourth-order valence-corrected chi connectivity index (χ4v) is 4.59. The summed E-state index contributed by atoms with van der Waals surface area (Å²) in [6.07, 6.45) is 3.17. The molecule has 0 bridgehead atoms. The number of pyridine rings is 1. The average Bonchev–Trinajstić information content (AvgIpc) is 3.21. The van der Waals surface area contributed by atoms with E-state index in [0.717, 1.165) is 54.4 Å². The Morgan fingerprint density at radius 3 is 2.52 bits per heavy atom. The Labute approximate surface area is 192 Å². The van der Waals surface area contributed by atoms with Gasteiger partial charge in [0.25, 0.3) is 11.5 Å². The maximum absolute atomic E-state index is 13.2. The van der Waals surface area contributed by atoms with Crippen molar-refractivity contribution in [1.82, 2.24) is 14.5 Å². The van der Waals surface area contributed by atoms with E-state index in [1.165, 1.54) is 6.07 Å². The molecule has 1 aliphatic heterocycles. The molecule has 33 heavy (non-hydrogen) atoms. The number of piperidine rings is 1. The van der Waals surface area contributed by atoms with E-state index >= 15 is 0 Å². The molecular weight excluding hydrogens is 414 g/mol. The summed E-state index contributed by atoms with van der Waals surface area (Å²) < 4.78 is 7.64. The first kappa shape index (κ1) is 21.2. The van der Waals surface area contributed by atoms with E-state index in [1.807, 2.05) is 67.3 Å². The maximum atomic E-state index is 13.2. The molecule has 3 heterocycles. The molecule has 1 amide bonds. The average molecular weight is 442 g/mol. The molecule has 0 radical (unpaired) electrons. The highest BCUT2D eigenvalue weighted by Crippen LogP contribution is 2.26. The first-order valence-electron chi connectivity index (χ1n) is 11.5. The molecule has 168 valence electrons. The molecule has 0 atom stereocenters. The first-order chi connectivity index (χ1) is 16.0. The molecule has 4 aromatic rings. The number of fused-ring (bicyclic) bond motifs is 1. The normalized spacial score (nSPS) is 14.1. The molecule has 5 rings (SSSR count). The van der Waals surface area contributed by atoms with E-state index in [-0.39, 0.29) is 18.0 Å². The minimum Gasteiger partial charge on any atom is -0.441 e. The van der Waals surface area contributed by atoms with E-state index in [1.54, 1.807) is 4.57 Å². The largest absolute Gasteiger partial charge is 0.441 e. The Balaban J connectivity index is 1.55. The number of aromatic nitrogens is 2. The number of aryl methyl sites for hydroxylation is 2. The number of carbonyl (C=O) groups is 1. The van der Waals surface area contributed by atoms with Crippen molar-refractivity contribution < 1.29 is 9.21 Å². The SMILES string of the molecule is Cc1ccccc1-c1nc(Cn2c(=O)cc(C(=O)N3CCCCC3)c3ccccc32)c(C)o1.